The molecule has 5 aliphatic rings. The summed E-state index contributed by atoms with van der Waals surface area (Å²) < 4.78 is 6.50. The van der Waals surface area contributed by atoms with Crippen LogP contribution in [0.15, 0.2) is 49.0 Å². The first-order valence-corrected chi connectivity index (χ1v) is 10.4. The minimum absolute atomic E-state index is 0.251. The van der Waals surface area contributed by atoms with Gasteiger partial charge in [-0.3, -0.25) is 0 Å². The lowest BCUT2D eigenvalue weighted by atomic mass is 9.53. The molecular weight excluding hydrogens is 336 g/mol. The molecule has 3 heteroatoms. The van der Waals surface area contributed by atoms with E-state index in [9.17, 15) is 0 Å². The van der Waals surface area contributed by atoms with Crippen molar-refractivity contribution in [2.45, 2.75) is 44.0 Å². The fourth-order valence-corrected chi connectivity index (χ4v) is 6.44. The smallest absolute Gasteiger partial charge is 0.207 e. The van der Waals surface area contributed by atoms with Gasteiger partial charge >= 0.3 is 0 Å². The van der Waals surface area contributed by atoms with Crippen LogP contribution in [0.5, 0.6) is 0 Å². The zero-order valence-corrected chi connectivity index (χ0v) is 15.6. The number of rotatable bonds is 2. The van der Waals surface area contributed by atoms with Crippen LogP contribution in [0.1, 0.15) is 37.7 Å². The standard InChI is InChI=1S/C24H26O3/c1-15(21-8-4-6-18-5-2-3-7-22(18)21)23-14-25-24(27-26-23)19-10-16-9-17(12-19)13-20(24)11-16/h2-8,16-17,19-20,23H,1,9-14H2. The minimum atomic E-state index is -0.497. The van der Waals surface area contributed by atoms with Crippen LogP contribution < -0.4 is 0 Å². The van der Waals surface area contributed by atoms with Gasteiger partial charge in [-0.05, 0) is 65.8 Å². The van der Waals surface area contributed by atoms with E-state index in [1.165, 1.54) is 42.9 Å². The first kappa shape index (κ1) is 16.3. The molecule has 7 rings (SSSR count). The number of fused-ring (bicyclic) bond motifs is 1. The Balaban J connectivity index is 1.24. The maximum Gasteiger partial charge on any atom is 0.207 e. The van der Waals surface area contributed by atoms with Gasteiger partial charge in [0.15, 0.2) is 0 Å². The van der Waals surface area contributed by atoms with E-state index in [1.54, 1.807) is 0 Å². The molecule has 4 bridgehead atoms. The van der Waals surface area contributed by atoms with E-state index in [1.807, 2.05) is 0 Å². The third-order valence-corrected chi connectivity index (χ3v) is 7.56. The van der Waals surface area contributed by atoms with Gasteiger partial charge in [0.25, 0.3) is 0 Å². The summed E-state index contributed by atoms with van der Waals surface area (Å²) in [7, 11) is 0. The quantitative estimate of drug-likeness (QED) is 0.674. The summed E-state index contributed by atoms with van der Waals surface area (Å²) in [6.45, 7) is 4.87. The van der Waals surface area contributed by atoms with Gasteiger partial charge in [0.2, 0.25) is 5.79 Å². The highest BCUT2D eigenvalue weighted by molar-refractivity contribution is 5.94. The van der Waals surface area contributed by atoms with Crippen LogP contribution in [-0.2, 0) is 14.5 Å². The second-order valence-corrected chi connectivity index (χ2v) is 9.06. The summed E-state index contributed by atoms with van der Waals surface area (Å²) in [6.07, 6.45) is 6.14. The van der Waals surface area contributed by atoms with Gasteiger partial charge in [0, 0.05) is 11.8 Å². The Kier molecular flexibility index (Phi) is 3.56. The Bertz CT molecular complexity index is 858. The molecule has 140 valence electrons. The second kappa shape index (κ2) is 5.91. The van der Waals surface area contributed by atoms with Crippen molar-refractivity contribution in [2.24, 2.45) is 23.7 Å². The Morgan fingerprint density at radius 2 is 1.59 bits per heavy atom. The summed E-state index contributed by atoms with van der Waals surface area (Å²) in [4.78, 5) is 12.1. The molecule has 0 radical (unpaired) electrons. The second-order valence-electron chi connectivity index (χ2n) is 9.06. The third kappa shape index (κ3) is 2.38. The van der Waals surface area contributed by atoms with Gasteiger partial charge in [-0.1, -0.05) is 49.0 Å². The van der Waals surface area contributed by atoms with Crippen molar-refractivity contribution in [1.29, 1.82) is 0 Å². The third-order valence-electron chi connectivity index (χ3n) is 7.56. The van der Waals surface area contributed by atoms with Crippen molar-refractivity contribution >= 4 is 16.3 Å². The van der Waals surface area contributed by atoms with E-state index < -0.39 is 5.79 Å². The normalized spacial score (nSPS) is 39.9. The van der Waals surface area contributed by atoms with E-state index in [-0.39, 0.29) is 6.10 Å². The predicted molar refractivity (Wildman–Crippen MR) is 105 cm³/mol. The van der Waals surface area contributed by atoms with Gasteiger partial charge in [0.1, 0.15) is 6.10 Å². The molecular formula is C24H26O3. The maximum atomic E-state index is 6.50. The fraction of sp³-hybridized carbons (Fsp3) is 0.500. The first-order chi connectivity index (χ1) is 13.2. The van der Waals surface area contributed by atoms with Crippen molar-refractivity contribution < 1.29 is 14.5 Å². The Morgan fingerprint density at radius 3 is 2.30 bits per heavy atom. The highest BCUT2D eigenvalue weighted by Crippen LogP contribution is 2.60. The zero-order chi connectivity index (χ0) is 18.0. The zero-order valence-electron chi connectivity index (χ0n) is 15.6. The molecule has 4 saturated carbocycles. The van der Waals surface area contributed by atoms with Crippen molar-refractivity contribution in [2.75, 3.05) is 6.61 Å². The van der Waals surface area contributed by atoms with E-state index >= 15 is 0 Å². The summed E-state index contributed by atoms with van der Waals surface area (Å²) >= 11 is 0. The molecule has 0 amide bonds. The largest absolute Gasteiger partial charge is 0.344 e. The molecule has 1 unspecified atom stereocenters. The average molecular weight is 362 g/mol. The number of benzene rings is 2. The van der Waals surface area contributed by atoms with Crippen LogP contribution in [0.25, 0.3) is 16.3 Å². The number of hydrogen-bond donors (Lipinski definition) is 0. The van der Waals surface area contributed by atoms with Gasteiger partial charge < -0.3 is 4.74 Å². The molecule has 0 aromatic heterocycles. The number of hydrogen-bond acceptors (Lipinski definition) is 3. The minimum Gasteiger partial charge on any atom is -0.344 e. The maximum absolute atomic E-state index is 6.50. The van der Waals surface area contributed by atoms with Crippen LogP contribution in [0, 0.1) is 23.7 Å². The summed E-state index contributed by atoms with van der Waals surface area (Å²) in [6, 6.07) is 14.7. The van der Waals surface area contributed by atoms with E-state index in [0.29, 0.717) is 18.4 Å². The Labute approximate surface area is 160 Å². The van der Waals surface area contributed by atoms with E-state index in [0.717, 1.165) is 23.0 Å². The Hall–Kier alpha value is -1.68. The summed E-state index contributed by atoms with van der Waals surface area (Å²) in [5.41, 5.74) is 2.05. The summed E-state index contributed by atoms with van der Waals surface area (Å²) in [5.74, 6) is 2.27. The molecule has 5 fully saturated rings. The van der Waals surface area contributed by atoms with Crippen LogP contribution in [0.4, 0.5) is 0 Å². The van der Waals surface area contributed by atoms with Gasteiger partial charge in [-0.2, -0.15) is 4.89 Å². The molecule has 4 aliphatic carbocycles. The van der Waals surface area contributed by atoms with Crippen molar-refractivity contribution in [3.63, 3.8) is 0 Å². The fourth-order valence-electron chi connectivity index (χ4n) is 6.44. The first-order valence-electron chi connectivity index (χ1n) is 10.4. The Morgan fingerprint density at radius 1 is 0.889 bits per heavy atom. The molecule has 1 atom stereocenters. The molecule has 1 aliphatic heterocycles. The molecule has 3 nitrogen and oxygen atoms in total. The van der Waals surface area contributed by atoms with Crippen LogP contribution >= 0.6 is 0 Å². The van der Waals surface area contributed by atoms with E-state index in [2.05, 4.69) is 49.0 Å². The van der Waals surface area contributed by atoms with Crippen LogP contribution in [0.2, 0.25) is 0 Å². The highest BCUT2D eigenvalue weighted by Gasteiger charge is 2.61. The average Bonchev–Trinajstić information content (AvgIpc) is 2.71. The monoisotopic (exact) mass is 362 g/mol. The van der Waals surface area contributed by atoms with Crippen molar-refractivity contribution in [1.82, 2.24) is 0 Å². The number of ether oxygens (including phenoxy) is 1. The lowest BCUT2D eigenvalue weighted by Gasteiger charge is -2.60. The van der Waals surface area contributed by atoms with Gasteiger partial charge in [-0.25, -0.2) is 4.89 Å². The molecule has 27 heavy (non-hydrogen) atoms. The molecule has 2 aromatic rings. The lowest BCUT2D eigenvalue weighted by Crippen LogP contribution is -2.63. The molecule has 1 spiro atoms. The lowest BCUT2D eigenvalue weighted by molar-refractivity contribution is -0.517. The topological polar surface area (TPSA) is 27.7 Å². The summed E-state index contributed by atoms with van der Waals surface area (Å²) in [5, 5.41) is 2.41. The van der Waals surface area contributed by atoms with Crippen molar-refractivity contribution in [3.8, 4) is 0 Å². The predicted octanol–water partition coefficient (Wildman–Crippen LogP) is 5.35. The molecule has 2 aromatic carbocycles. The molecule has 0 N–H and O–H groups in total. The van der Waals surface area contributed by atoms with Crippen molar-refractivity contribution in [3.05, 3.63) is 54.6 Å². The van der Waals surface area contributed by atoms with Crippen LogP contribution in [-0.4, -0.2) is 18.5 Å². The van der Waals surface area contributed by atoms with Crippen LogP contribution in [0.3, 0.4) is 0 Å². The van der Waals surface area contributed by atoms with Gasteiger partial charge in [-0.15, -0.1) is 0 Å². The SMILES string of the molecule is C=C(c1cccc2ccccc12)C1COC2(OO1)C1CC3CC(C1)CC2C3. The molecule has 1 saturated heterocycles. The molecule has 1 heterocycles. The van der Waals surface area contributed by atoms with E-state index in [4.69, 9.17) is 14.5 Å². The van der Waals surface area contributed by atoms with Gasteiger partial charge in [0.05, 0.1) is 6.61 Å². The highest BCUT2D eigenvalue weighted by atomic mass is 17.2.